The van der Waals surface area contributed by atoms with E-state index in [4.69, 9.17) is 4.98 Å². The van der Waals surface area contributed by atoms with Crippen LogP contribution in [-0.2, 0) is 11.2 Å². The Balaban J connectivity index is 1.46. The van der Waals surface area contributed by atoms with E-state index >= 15 is 0 Å². The van der Waals surface area contributed by atoms with E-state index in [2.05, 4.69) is 13.0 Å². The van der Waals surface area contributed by atoms with E-state index in [1.54, 1.807) is 0 Å². The lowest BCUT2D eigenvalue weighted by molar-refractivity contribution is -0.116. The van der Waals surface area contributed by atoms with Gasteiger partial charge in [0.1, 0.15) is 0 Å². The highest BCUT2D eigenvalue weighted by Crippen LogP contribution is 2.34. The van der Waals surface area contributed by atoms with E-state index in [-0.39, 0.29) is 29.3 Å². The molecule has 2 heterocycles. The number of carbonyl (C=O) groups excluding carboxylic acids is 1. The third kappa shape index (κ3) is 3.33. The quantitative estimate of drug-likeness (QED) is 0.459. The fourth-order valence-corrected chi connectivity index (χ4v) is 5.78. The van der Waals surface area contributed by atoms with Crippen molar-refractivity contribution in [3.05, 3.63) is 64.4 Å². The summed E-state index contributed by atoms with van der Waals surface area (Å²) in [4.78, 5) is 33.1. The Morgan fingerprint density at radius 2 is 1.83 bits per heavy atom. The Hall–Kier alpha value is -2.60. The van der Waals surface area contributed by atoms with E-state index in [1.165, 1.54) is 17.3 Å². The Labute approximate surface area is 180 Å². The summed E-state index contributed by atoms with van der Waals surface area (Å²) in [5.41, 5.74) is 2.94. The minimum atomic E-state index is 0.0161. The standard InChI is InChI=1S/C24H25N3O2S/c1-16-14-17-8-2-7-13-21(17)26(16)22(28)15-30-24-25-20-12-6-5-11-19(20)23(29)27(24)18-9-3-4-10-18/h2,5-8,11-13,16,18H,3-4,9-10,14-15H2,1H3/t16-/m1/s1. The van der Waals surface area contributed by atoms with Gasteiger partial charge in [-0.25, -0.2) is 4.98 Å². The van der Waals surface area contributed by atoms with Gasteiger partial charge >= 0.3 is 0 Å². The van der Waals surface area contributed by atoms with E-state index < -0.39 is 0 Å². The first-order chi connectivity index (χ1) is 14.6. The third-order valence-electron chi connectivity index (χ3n) is 6.27. The number of fused-ring (bicyclic) bond motifs is 2. The lowest BCUT2D eigenvalue weighted by Gasteiger charge is -2.23. The number of carbonyl (C=O) groups is 1. The number of para-hydroxylation sites is 2. The van der Waals surface area contributed by atoms with Crippen molar-refractivity contribution in [2.45, 2.75) is 56.3 Å². The topological polar surface area (TPSA) is 55.2 Å². The van der Waals surface area contributed by atoms with Crippen LogP contribution >= 0.6 is 11.8 Å². The molecule has 1 aliphatic heterocycles. The summed E-state index contributed by atoms with van der Waals surface area (Å²) < 4.78 is 1.86. The first-order valence-electron chi connectivity index (χ1n) is 10.7. The summed E-state index contributed by atoms with van der Waals surface area (Å²) in [6.07, 6.45) is 5.15. The molecule has 3 aromatic rings. The monoisotopic (exact) mass is 419 g/mol. The van der Waals surface area contributed by atoms with Crippen LogP contribution in [0.1, 0.15) is 44.2 Å². The molecular weight excluding hydrogens is 394 g/mol. The molecule has 0 bridgehead atoms. The molecule has 1 aromatic heterocycles. The van der Waals surface area contributed by atoms with Gasteiger partial charge in [0.2, 0.25) is 5.91 Å². The van der Waals surface area contributed by atoms with E-state index in [1.807, 2.05) is 51.9 Å². The molecule has 2 aromatic carbocycles. The number of hydrogen-bond acceptors (Lipinski definition) is 4. The van der Waals surface area contributed by atoms with Crippen LogP contribution in [0.5, 0.6) is 0 Å². The molecule has 154 valence electrons. The van der Waals surface area contributed by atoms with Gasteiger partial charge in [0.25, 0.3) is 5.56 Å². The molecule has 0 spiro atoms. The normalized spacial score (nSPS) is 18.8. The summed E-state index contributed by atoms with van der Waals surface area (Å²) in [5.74, 6) is 0.341. The molecule has 30 heavy (non-hydrogen) atoms. The molecule has 1 fully saturated rings. The van der Waals surface area contributed by atoms with Crippen molar-refractivity contribution >= 4 is 34.3 Å². The van der Waals surface area contributed by atoms with Crippen LogP contribution in [-0.4, -0.2) is 27.3 Å². The summed E-state index contributed by atoms with van der Waals surface area (Å²) >= 11 is 1.40. The maximum Gasteiger partial charge on any atom is 0.262 e. The lowest BCUT2D eigenvalue weighted by atomic mass is 10.1. The summed E-state index contributed by atoms with van der Waals surface area (Å²) in [5, 5.41) is 1.32. The lowest BCUT2D eigenvalue weighted by Crippen LogP contribution is -2.37. The Bertz CT molecular complexity index is 1170. The maximum absolute atomic E-state index is 13.3. The fourth-order valence-electron chi connectivity index (χ4n) is 4.85. The highest BCUT2D eigenvalue weighted by Gasteiger charge is 2.31. The average molecular weight is 420 g/mol. The molecule has 5 rings (SSSR count). The predicted octanol–water partition coefficient (Wildman–Crippen LogP) is 4.58. The number of anilines is 1. The molecule has 1 atom stereocenters. The van der Waals surface area contributed by atoms with Crippen LogP contribution in [0, 0.1) is 0 Å². The van der Waals surface area contributed by atoms with Crippen molar-refractivity contribution < 1.29 is 4.79 Å². The number of thioether (sulfide) groups is 1. The van der Waals surface area contributed by atoms with Gasteiger partial charge in [-0.2, -0.15) is 0 Å². The molecule has 0 N–H and O–H groups in total. The summed E-state index contributed by atoms with van der Waals surface area (Å²) in [6.45, 7) is 2.09. The fraction of sp³-hybridized carbons (Fsp3) is 0.375. The minimum Gasteiger partial charge on any atom is -0.308 e. The predicted molar refractivity (Wildman–Crippen MR) is 121 cm³/mol. The van der Waals surface area contributed by atoms with Gasteiger partial charge in [-0.3, -0.25) is 14.2 Å². The van der Waals surface area contributed by atoms with Crippen LogP contribution in [0.4, 0.5) is 5.69 Å². The second kappa shape index (κ2) is 7.91. The van der Waals surface area contributed by atoms with Crippen molar-refractivity contribution in [1.29, 1.82) is 0 Å². The second-order valence-electron chi connectivity index (χ2n) is 8.26. The SMILES string of the molecule is C[C@@H]1Cc2ccccc2N1C(=O)CSc1nc2ccccc2c(=O)n1C1CCCC1. The number of benzene rings is 2. The van der Waals surface area contributed by atoms with Gasteiger partial charge in [0.05, 0.1) is 16.7 Å². The molecule has 1 amide bonds. The summed E-state index contributed by atoms with van der Waals surface area (Å²) in [6, 6.07) is 15.9. The maximum atomic E-state index is 13.3. The summed E-state index contributed by atoms with van der Waals surface area (Å²) in [7, 11) is 0. The van der Waals surface area contributed by atoms with Crippen molar-refractivity contribution in [2.75, 3.05) is 10.7 Å². The van der Waals surface area contributed by atoms with Crippen LogP contribution < -0.4 is 10.5 Å². The molecule has 2 aliphatic rings. The largest absolute Gasteiger partial charge is 0.308 e. The number of nitrogens with zero attached hydrogens (tertiary/aromatic N) is 3. The molecular formula is C24H25N3O2S. The van der Waals surface area contributed by atoms with Crippen molar-refractivity contribution in [2.24, 2.45) is 0 Å². The van der Waals surface area contributed by atoms with Crippen LogP contribution in [0.15, 0.2) is 58.5 Å². The molecule has 6 heteroatoms. The second-order valence-corrected chi connectivity index (χ2v) is 9.20. The van der Waals surface area contributed by atoms with E-state index in [0.29, 0.717) is 16.1 Å². The van der Waals surface area contributed by atoms with Gasteiger partial charge in [0, 0.05) is 17.8 Å². The molecule has 0 saturated heterocycles. The van der Waals surface area contributed by atoms with Gasteiger partial charge in [-0.05, 0) is 49.9 Å². The van der Waals surface area contributed by atoms with Gasteiger partial charge < -0.3 is 4.90 Å². The van der Waals surface area contributed by atoms with Gasteiger partial charge in [0.15, 0.2) is 5.16 Å². The number of rotatable bonds is 4. The van der Waals surface area contributed by atoms with Crippen molar-refractivity contribution in [3.63, 3.8) is 0 Å². The molecule has 0 unspecified atom stereocenters. The zero-order chi connectivity index (χ0) is 20.7. The zero-order valence-corrected chi connectivity index (χ0v) is 17.9. The third-order valence-corrected chi connectivity index (χ3v) is 7.20. The number of hydrogen-bond donors (Lipinski definition) is 0. The minimum absolute atomic E-state index is 0.0161. The molecule has 1 saturated carbocycles. The Morgan fingerprint density at radius 1 is 1.10 bits per heavy atom. The number of amides is 1. The highest BCUT2D eigenvalue weighted by atomic mass is 32.2. The van der Waals surface area contributed by atoms with Crippen LogP contribution in [0.3, 0.4) is 0 Å². The first-order valence-corrected chi connectivity index (χ1v) is 11.7. The molecule has 1 aliphatic carbocycles. The number of aromatic nitrogens is 2. The Morgan fingerprint density at radius 3 is 2.67 bits per heavy atom. The smallest absolute Gasteiger partial charge is 0.262 e. The van der Waals surface area contributed by atoms with Gasteiger partial charge in [-0.15, -0.1) is 0 Å². The first kappa shape index (κ1) is 19.4. The Kier molecular flexibility index (Phi) is 5.11. The van der Waals surface area contributed by atoms with Crippen molar-refractivity contribution in [3.8, 4) is 0 Å². The molecule has 0 radical (unpaired) electrons. The zero-order valence-electron chi connectivity index (χ0n) is 17.1. The molecule has 5 nitrogen and oxygen atoms in total. The highest BCUT2D eigenvalue weighted by molar-refractivity contribution is 7.99. The van der Waals surface area contributed by atoms with E-state index in [9.17, 15) is 9.59 Å². The van der Waals surface area contributed by atoms with Crippen LogP contribution in [0.25, 0.3) is 10.9 Å². The van der Waals surface area contributed by atoms with Crippen LogP contribution in [0.2, 0.25) is 0 Å². The average Bonchev–Trinajstić information content (AvgIpc) is 3.39. The van der Waals surface area contributed by atoms with Crippen molar-refractivity contribution in [1.82, 2.24) is 9.55 Å². The van der Waals surface area contributed by atoms with E-state index in [0.717, 1.165) is 37.8 Å². The van der Waals surface area contributed by atoms with Gasteiger partial charge in [-0.1, -0.05) is 54.9 Å².